The maximum absolute atomic E-state index is 9.81. The van der Waals surface area contributed by atoms with E-state index < -0.39 is 24.0 Å². The minimum Gasteiger partial charge on any atom is -0.486 e. The molecule has 0 amide bonds. The minimum atomic E-state index is -0.669. The largest absolute Gasteiger partial charge is 0.486 e. The molecule has 2 aromatic carbocycles. The number of hydrogen-bond donors (Lipinski definition) is 0. The molecule has 3 aliphatic rings. The first-order valence-electron chi connectivity index (χ1n) is 10.1. The lowest BCUT2D eigenvalue weighted by atomic mass is 9.66. The molecular weight excluding hydrogens is 400 g/mol. The Balaban J connectivity index is 1.87. The monoisotopic (exact) mass is 416 g/mol. The van der Waals surface area contributed by atoms with Crippen molar-refractivity contribution in [3.63, 3.8) is 0 Å². The van der Waals surface area contributed by atoms with Crippen molar-refractivity contribution in [3.05, 3.63) is 92.5 Å². The van der Waals surface area contributed by atoms with E-state index in [2.05, 4.69) is 4.85 Å². The fourth-order valence-corrected chi connectivity index (χ4v) is 5.16. The smallest absolute Gasteiger partial charge is 0.265 e. The van der Waals surface area contributed by atoms with Gasteiger partial charge in [-0.1, -0.05) is 35.4 Å². The number of benzene rings is 2. The molecule has 6 nitrogen and oxygen atoms in total. The lowest BCUT2D eigenvalue weighted by molar-refractivity contribution is 0.170. The number of nitriles is 3. The maximum atomic E-state index is 9.81. The molecule has 2 aliphatic heterocycles. The molecular formula is C26H16N4O2. The SMILES string of the molecule is [C-]#[N+]/C(C#N)=C1/C2Oc3ccc(C)cc3C2C(=C(C#N)C#N)C2Oc3ccc(C)cc3C12. The van der Waals surface area contributed by atoms with Crippen LogP contribution in [0.2, 0.25) is 0 Å². The van der Waals surface area contributed by atoms with Crippen molar-refractivity contribution in [2.45, 2.75) is 37.9 Å². The number of hydrogen-bond acceptors (Lipinski definition) is 5. The zero-order valence-corrected chi connectivity index (χ0v) is 17.4. The molecule has 1 fully saturated rings. The van der Waals surface area contributed by atoms with Crippen molar-refractivity contribution in [2.24, 2.45) is 0 Å². The number of ether oxygens (including phenoxy) is 2. The highest BCUT2D eigenvalue weighted by atomic mass is 16.5. The Labute approximate surface area is 185 Å². The predicted octanol–water partition coefficient (Wildman–Crippen LogP) is 4.75. The summed E-state index contributed by atoms with van der Waals surface area (Å²) in [5.41, 5.74) is 4.74. The van der Waals surface area contributed by atoms with Gasteiger partial charge in [-0.2, -0.15) is 10.5 Å². The summed E-state index contributed by atoms with van der Waals surface area (Å²) in [6, 6.07) is 17.6. The maximum Gasteiger partial charge on any atom is 0.265 e. The highest BCUT2D eigenvalue weighted by molar-refractivity contribution is 5.65. The third kappa shape index (κ3) is 2.54. The molecule has 1 aliphatic carbocycles. The van der Waals surface area contributed by atoms with Crippen LogP contribution in [0.5, 0.6) is 11.5 Å². The quantitative estimate of drug-likeness (QED) is 0.456. The first kappa shape index (κ1) is 19.4. The third-order valence-electron chi connectivity index (χ3n) is 6.40. The number of aryl methyl sites for hydroxylation is 2. The van der Waals surface area contributed by atoms with E-state index in [0.29, 0.717) is 22.6 Å². The van der Waals surface area contributed by atoms with Crippen molar-refractivity contribution < 1.29 is 9.47 Å². The number of rotatable bonds is 0. The van der Waals surface area contributed by atoms with E-state index in [4.69, 9.17) is 16.0 Å². The van der Waals surface area contributed by atoms with Gasteiger partial charge in [0.2, 0.25) is 0 Å². The molecule has 0 radical (unpaired) electrons. The van der Waals surface area contributed by atoms with Crippen LogP contribution in [-0.2, 0) is 0 Å². The Bertz CT molecular complexity index is 1280. The Morgan fingerprint density at radius 1 is 0.812 bits per heavy atom. The van der Waals surface area contributed by atoms with E-state index in [1.54, 1.807) is 0 Å². The van der Waals surface area contributed by atoms with Gasteiger partial charge >= 0.3 is 0 Å². The van der Waals surface area contributed by atoms with Crippen molar-refractivity contribution in [2.75, 3.05) is 0 Å². The fraction of sp³-hybridized carbons (Fsp3) is 0.231. The zero-order valence-electron chi connectivity index (χ0n) is 17.4. The lowest BCUT2D eigenvalue weighted by Crippen LogP contribution is -2.41. The Morgan fingerprint density at radius 2 is 1.31 bits per heavy atom. The molecule has 4 unspecified atom stereocenters. The Kier molecular flexibility index (Phi) is 4.27. The summed E-state index contributed by atoms with van der Waals surface area (Å²) < 4.78 is 12.6. The van der Waals surface area contributed by atoms with E-state index in [-0.39, 0.29) is 11.3 Å². The molecule has 2 aromatic rings. The van der Waals surface area contributed by atoms with Gasteiger partial charge < -0.3 is 9.47 Å². The number of allylic oxidation sites excluding steroid dienone is 2. The van der Waals surface area contributed by atoms with Crippen LogP contribution in [0.25, 0.3) is 4.85 Å². The molecule has 152 valence electrons. The van der Waals surface area contributed by atoms with E-state index in [0.717, 1.165) is 22.3 Å². The fourth-order valence-electron chi connectivity index (χ4n) is 5.16. The van der Waals surface area contributed by atoms with Gasteiger partial charge in [-0.05, 0) is 31.6 Å². The highest BCUT2D eigenvalue weighted by Crippen LogP contribution is 2.60. The van der Waals surface area contributed by atoms with Gasteiger partial charge in [-0.3, -0.25) is 0 Å². The van der Waals surface area contributed by atoms with Gasteiger partial charge in [-0.15, -0.1) is 0 Å². The summed E-state index contributed by atoms with van der Waals surface area (Å²) in [5.74, 6) is 0.276. The second-order valence-electron chi connectivity index (χ2n) is 8.20. The molecule has 0 bridgehead atoms. The van der Waals surface area contributed by atoms with E-state index in [1.807, 2.05) is 68.5 Å². The minimum absolute atomic E-state index is 0.0159. The van der Waals surface area contributed by atoms with E-state index in [9.17, 15) is 15.8 Å². The van der Waals surface area contributed by atoms with Gasteiger partial charge in [-0.25, -0.2) is 10.1 Å². The van der Waals surface area contributed by atoms with Crippen LogP contribution in [-0.4, -0.2) is 12.2 Å². The van der Waals surface area contributed by atoms with Crippen LogP contribution in [0, 0.1) is 54.4 Å². The lowest BCUT2D eigenvalue weighted by Gasteiger charge is -2.38. The highest BCUT2D eigenvalue weighted by Gasteiger charge is 2.56. The normalized spacial score (nSPS) is 25.2. The zero-order chi connectivity index (χ0) is 22.6. The molecule has 0 spiro atoms. The molecule has 0 N–H and O–H groups in total. The molecule has 2 heterocycles. The molecule has 4 atom stereocenters. The average molecular weight is 416 g/mol. The Hall–Kier alpha value is -4.52. The molecule has 0 saturated heterocycles. The predicted molar refractivity (Wildman–Crippen MR) is 114 cm³/mol. The number of fused-ring (bicyclic) bond motifs is 6. The second-order valence-corrected chi connectivity index (χ2v) is 8.20. The van der Waals surface area contributed by atoms with Crippen LogP contribution in [0.4, 0.5) is 0 Å². The number of nitrogens with zero attached hydrogens (tertiary/aromatic N) is 4. The van der Waals surface area contributed by atoms with E-state index in [1.165, 1.54) is 0 Å². The topological polar surface area (TPSA) is 94.2 Å². The summed E-state index contributed by atoms with van der Waals surface area (Å²) in [6.07, 6.45) is -1.34. The average Bonchev–Trinajstić information content (AvgIpc) is 3.34. The summed E-state index contributed by atoms with van der Waals surface area (Å²) >= 11 is 0. The second kappa shape index (κ2) is 7.02. The third-order valence-corrected chi connectivity index (χ3v) is 6.40. The van der Waals surface area contributed by atoms with Crippen molar-refractivity contribution in [1.29, 1.82) is 15.8 Å². The molecule has 5 rings (SSSR count). The van der Waals surface area contributed by atoms with Crippen LogP contribution in [0.15, 0.2) is 58.8 Å². The van der Waals surface area contributed by atoms with Crippen LogP contribution in [0.1, 0.15) is 34.1 Å². The molecule has 1 saturated carbocycles. The van der Waals surface area contributed by atoms with Gasteiger partial charge in [0, 0.05) is 22.6 Å². The molecule has 6 heteroatoms. The molecule has 0 aromatic heterocycles. The summed E-state index contributed by atoms with van der Waals surface area (Å²) in [5, 5.41) is 29.4. The van der Waals surface area contributed by atoms with Gasteiger partial charge in [0.05, 0.1) is 18.6 Å². The van der Waals surface area contributed by atoms with Crippen molar-refractivity contribution >= 4 is 0 Å². The van der Waals surface area contributed by atoms with Crippen molar-refractivity contribution in [3.8, 4) is 29.7 Å². The van der Waals surface area contributed by atoms with Gasteiger partial charge in [0.1, 0.15) is 41.4 Å². The van der Waals surface area contributed by atoms with Gasteiger partial charge in [0.25, 0.3) is 5.70 Å². The van der Waals surface area contributed by atoms with Gasteiger partial charge in [0.15, 0.2) is 0 Å². The summed E-state index contributed by atoms with van der Waals surface area (Å²) in [7, 11) is 0. The molecule has 32 heavy (non-hydrogen) atoms. The first-order chi connectivity index (χ1) is 15.5. The van der Waals surface area contributed by atoms with Crippen LogP contribution in [0.3, 0.4) is 0 Å². The summed E-state index contributed by atoms with van der Waals surface area (Å²) in [4.78, 5) is 3.52. The summed E-state index contributed by atoms with van der Waals surface area (Å²) in [6.45, 7) is 11.6. The van der Waals surface area contributed by atoms with Crippen molar-refractivity contribution in [1.82, 2.24) is 0 Å². The van der Waals surface area contributed by atoms with E-state index >= 15 is 0 Å². The van der Waals surface area contributed by atoms with Crippen LogP contribution >= 0.6 is 0 Å². The van der Waals surface area contributed by atoms with Crippen LogP contribution < -0.4 is 9.47 Å². The Morgan fingerprint density at radius 3 is 1.78 bits per heavy atom. The first-order valence-corrected chi connectivity index (χ1v) is 10.1. The standard InChI is InChI=1S/C26H16N4O2/c1-13-4-6-19-16(8-13)22-21(15(10-27)11-28)25-23(17-9-14(2)5-7-20(17)31-25)24(26(22)32-19)18(12-29)30-3/h4-9,22-23,25-26H,1-2H3/b24-18+.